The summed E-state index contributed by atoms with van der Waals surface area (Å²) in [6.45, 7) is 4.10. The molecule has 0 aliphatic rings. The molecule has 2 N–H and O–H groups in total. The highest BCUT2D eigenvalue weighted by atomic mass is 16.1. The molecular weight excluding hydrogens is 312 g/mol. The molecule has 0 radical (unpaired) electrons. The van der Waals surface area contributed by atoms with Gasteiger partial charge in [-0.2, -0.15) is 0 Å². The van der Waals surface area contributed by atoms with Crippen molar-refractivity contribution in [2.75, 3.05) is 10.6 Å². The zero-order valence-corrected chi connectivity index (χ0v) is 14.3. The third kappa shape index (κ3) is 4.20. The Morgan fingerprint density at radius 2 is 1.80 bits per heavy atom. The minimum absolute atomic E-state index is 0.266. The number of hydrogen-bond acceptors (Lipinski definition) is 4. The van der Waals surface area contributed by atoms with E-state index < -0.39 is 0 Å². The summed E-state index contributed by atoms with van der Waals surface area (Å²) in [6, 6.07) is 17.3. The van der Waals surface area contributed by atoms with Crippen molar-refractivity contribution in [1.82, 2.24) is 9.97 Å². The maximum absolute atomic E-state index is 12.4. The molecule has 0 saturated carbocycles. The highest BCUT2D eigenvalue weighted by Gasteiger charge is 2.10. The van der Waals surface area contributed by atoms with E-state index in [1.54, 1.807) is 6.07 Å². The number of amides is 1. The van der Waals surface area contributed by atoms with Gasteiger partial charge in [-0.1, -0.05) is 42.8 Å². The lowest BCUT2D eigenvalue weighted by atomic mass is 10.1. The molecule has 0 aliphatic heterocycles. The highest BCUT2D eigenvalue weighted by molar-refractivity contribution is 6.03. The lowest BCUT2D eigenvalue weighted by Gasteiger charge is -2.11. The summed E-state index contributed by atoms with van der Waals surface area (Å²) in [6.07, 6.45) is 2.30. The van der Waals surface area contributed by atoms with Crippen LogP contribution in [0.1, 0.15) is 28.5 Å². The van der Waals surface area contributed by atoms with Crippen molar-refractivity contribution in [3.63, 3.8) is 0 Å². The molecule has 3 aromatic rings. The minimum Gasteiger partial charge on any atom is -0.340 e. The van der Waals surface area contributed by atoms with E-state index in [0.717, 1.165) is 23.4 Å². The number of benzene rings is 2. The van der Waals surface area contributed by atoms with Crippen LogP contribution in [0.2, 0.25) is 0 Å². The molecule has 0 aliphatic carbocycles. The van der Waals surface area contributed by atoms with Crippen molar-refractivity contribution in [2.24, 2.45) is 0 Å². The molecule has 3 rings (SSSR count). The average molecular weight is 332 g/mol. The Morgan fingerprint density at radius 1 is 1.04 bits per heavy atom. The van der Waals surface area contributed by atoms with Gasteiger partial charge >= 0.3 is 0 Å². The van der Waals surface area contributed by atoms with E-state index >= 15 is 0 Å². The van der Waals surface area contributed by atoms with Crippen LogP contribution in [0.4, 0.5) is 17.2 Å². The van der Waals surface area contributed by atoms with E-state index in [1.165, 1.54) is 11.9 Å². The Kier molecular flexibility index (Phi) is 5.04. The topological polar surface area (TPSA) is 66.9 Å². The van der Waals surface area contributed by atoms with E-state index in [4.69, 9.17) is 0 Å². The first kappa shape index (κ1) is 16.6. The molecule has 1 amide bonds. The van der Waals surface area contributed by atoms with Crippen molar-refractivity contribution in [2.45, 2.75) is 20.3 Å². The van der Waals surface area contributed by atoms with E-state index in [2.05, 4.69) is 33.6 Å². The van der Waals surface area contributed by atoms with Crippen LogP contribution in [0.5, 0.6) is 0 Å². The smallest absolute Gasteiger partial charge is 0.274 e. The Morgan fingerprint density at radius 3 is 2.56 bits per heavy atom. The maximum Gasteiger partial charge on any atom is 0.274 e. The molecule has 0 fully saturated rings. The molecule has 0 atom stereocenters. The van der Waals surface area contributed by atoms with Crippen LogP contribution in [0, 0.1) is 6.92 Å². The molecule has 0 saturated heterocycles. The van der Waals surface area contributed by atoms with Crippen LogP contribution < -0.4 is 10.6 Å². The summed E-state index contributed by atoms with van der Waals surface area (Å²) in [5.74, 6) is 0.322. The number of nitrogens with zero attached hydrogens (tertiary/aromatic N) is 2. The van der Waals surface area contributed by atoms with Gasteiger partial charge in [0.05, 0.1) is 0 Å². The molecule has 0 spiro atoms. The van der Waals surface area contributed by atoms with E-state index in [0.29, 0.717) is 11.5 Å². The standard InChI is InChI=1S/C20H20N4O/c1-3-15-6-4-5-7-17(15)24-19-12-18(21-13-22-19)20(25)23-16-10-8-14(2)9-11-16/h4-13H,3H2,1-2H3,(H,23,25)(H,21,22,24). The monoisotopic (exact) mass is 332 g/mol. The molecule has 5 heteroatoms. The number of aromatic nitrogens is 2. The van der Waals surface area contributed by atoms with Crippen LogP contribution in [-0.4, -0.2) is 15.9 Å². The Balaban J connectivity index is 1.76. The number of carbonyl (C=O) groups is 1. The third-order valence-electron chi connectivity index (χ3n) is 3.87. The second-order valence-electron chi connectivity index (χ2n) is 5.74. The second-order valence-corrected chi connectivity index (χ2v) is 5.74. The number of aryl methyl sites for hydroxylation is 2. The van der Waals surface area contributed by atoms with Gasteiger partial charge in [-0.3, -0.25) is 4.79 Å². The normalized spacial score (nSPS) is 10.3. The van der Waals surface area contributed by atoms with Gasteiger partial charge in [0.2, 0.25) is 0 Å². The molecular formula is C20H20N4O. The fourth-order valence-corrected chi connectivity index (χ4v) is 2.47. The van der Waals surface area contributed by atoms with Crippen molar-refractivity contribution >= 4 is 23.1 Å². The average Bonchev–Trinajstić information content (AvgIpc) is 2.64. The molecule has 0 unspecified atom stereocenters. The fourth-order valence-electron chi connectivity index (χ4n) is 2.47. The summed E-state index contributed by atoms with van der Waals surface area (Å²) in [7, 11) is 0. The van der Waals surface area contributed by atoms with Crippen molar-refractivity contribution < 1.29 is 4.79 Å². The predicted molar refractivity (Wildman–Crippen MR) is 100 cm³/mol. The predicted octanol–water partition coefficient (Wildman–Crippen LogP) is 4.34. The summed E-state index contributed by atoms with van der Waals surface area (Å²) < 4.78 is 0. The SMILES string of the molecule is CCc1ccccc1Nc1cc(C(=O)Nc2ccc(C)cc2)ncn1. The third-order valence-corrected chi connectivity index (χ3v) is 3.87. The highest BCUT2D eigenvalue weighted by Crippen LogP contribution is 2.20. The molecule has 1 heterocycles. The lowest BCUT2D eigenvalue weighted by molar-refractivity contribution is 0.102. The summed E-state index contributed by atoms with van der Waals surface area (Å²) in [5, 5.41) is 6.10. The lowest BCUT2D eigenvalue weighted by Crippen LogP contribution is -2.14. The maximum atomic E-state index is 12.4. The van der Waals surface area contributed by atoms with Gasteiger partial charge in [0, 0.05) is 17.4 Å². The van der Waals surface area contributed by atoms with E-state index in [9.17, 15) is 4.79 Å². The Hall–Kier alpha value is -3.21. The van der Waals surface area contributed by atoms with Crippen LogP contribution in [0.25, 0.3) is 0 Å². The van der Waals surface area contributed by atoms with Gasteiger partial charge in [-0.15, -0.1) is 0 Å². The van der Waals surface area contributed by atoms with Gasteiger partial charge in [-0.05, 0) is 37.1 Å². The largest absolute Gasteiger partial charge is 0.340 e. The van der Waals surface area contributed by atoms with Crippen molar-refractivity contribution in [3.05, 3.63) is 77.7 Å². The molecule has 2 aromatic carbocycles. The molecule has 5 nitrogen and oxygen atoms in total. The van der Waals surface area contributed by atoms with Gasteiger partial charge in [0.15, 0.2) is 0 Å². The quantitative estimate of drug-likeness (QED) is 0.729. The van der Waals surface area contributed by atoms with E-state index in [1.807, 2.05) is 49.4 Å². The van der Waals surface area contributed by atoms with Crippen molar-refractivity contribution in [1.29, 1.82) is 0 Å². The summed E-state index contributed by atoms with van der Waals surface area (Å²) in [5.41, 5.74) is 4.36. The van der Waals surface area contributed by atoms with Crippen LogP contribution >= 0.6 is 0 Å². The first-order valence-corrected chi connectivity index (χ1v) is 8.20. The van der Waals surface area contributed by atoms with Crippen LogP contribution in [0.15, 0.2) is 60.9 Å². The zero-order valence-electron chi connectivity index (χ0n) is 14.3. The van der Waals surface area contributed by atoms with Gasteiger partial charge in [0.25, 0.3) is 5.91 Å². The molecule has 25 heavy (non-hydrogen) atoms. The number of para-hydroxylation sites is 1. The minimum atomic E-state index is -0.266. The van der Waals surface area contributed by atoms with Crippen molar-refractivity contribution in [3.8, 4) is 0 Å². The zero-order chi connectivity index (χ0) is 17.6. The Bertz CT molecular complexity index is 875. The van der Waals surface area contributed by atoms with Gasteiger partial charge in [0.1, 0.15) is 17.8 Å². The number of carbonyl (C=O) groups excluding carboxylic acids is 1. The molecule has 0 bridgehead atoms. The van der Waals surface area contributed by atoms with Crippen LogP contribution in [-0.2, 0) is 6.42 Å². The summed E-state index contributed by atoms with van der Waals surface area (Å²) in [4.78, 5) is 20.7. The number of rotatable bonds is 5. The first-order valence-electron chi connectivity index (χ1n) is 8.20. The van der Waals surface area contributed by atoms with Gasteiger partial charge < -0.3 is 10.6 Å². The number of hydrogen-bond donors (Lipinski definition) is 2. The second kappa shape index (κ2) is 7.57. The van der Waals surface area contributed by atoms with E-state index in [-0.39, 0.29) is 5.91 Å². The number of anilines is 3. The van der Waals surface area contributed by atoms with Gasteiger partial charge in [-0.25, -0.2) is 9.97 Å². The summed E-state index contributed by atoms with van der Waals surface area (Å²) >= 11 is 0. The van der Waals surface area contributed by atoms with Crippen LogP contribution in [0.3, 0.4) is 0 Å². The fraction of sp³-hybridized carbons (Fsp3) is 0.150. The molecule has 126 valence electrons. The molecule has 1 aromatic heterocycles. The Labute approximate surface area is 147 Å². The first-order chi connectivity index (χ1) is 12.2. The number of nitrogens with one attached hydrogen (secondary N) is 2.